The molecule has 1 saturated carbocycles. The van der Waals surface area contributed by atoms with E-state index in [1.807, 2.05) is 35.1 Å². The van der Waals surface area contributed by atoms with Crippen LogP contribution in [-0.2, 0) is 6.54 Å². The van der Waals surface area contributed by atoms with Crippen LogP contribution in [0.15, 0.2) is 48.9 Å². The lowest BCUT2D eigenvalue weighted by atomic mass is 9.85. The van der Waals surface area contributed by atoms with Crippen LogP contribution in [0.1, 0.15) is 60.3 Å². The molecule has 3 heterocycles. The number of likely N-dealkylation sites (N-methyl/N-ethyl adjacent to an activating group) is 1. The Hall–Kier alpha value is -2.97. The van der Waals surface area contributed by atoms with Crippen molar-refractivity contribution in [2.45, 2.75) is 72.9 Å². The maximum atomic E-state index is 6.23. The number of hydrogen-bond acceptors (Lipinski definition) is 7. The van der Waals surface area contributed by atoms with Crippen LogP contribution in [0.25, 0.3) is 21.5 Å². The molecule has 0 saturated heterocycles. The van der Waals surface area contributed by atoms with Crippen molar-refractivity contribution in [3.8, 4) is 22.8 Å². The van der Waals surface area contributed by atoms with Crippen molar-refractivity contribution in [3.05, 3.63) is 48.9 Å². The summed E-state index contributed by atoms with van der Waals surface area (Å²) in [6.07, 6.45) is 12.5. The van der Waals surface area contributed by atoms with Crippen LogP contribution >= 0.6 is 11.3 Å². The molecule has 0 unspecified atom stereocenters. The van der Waals surface area contributed by atoms with E-state index in [-0.39, 0.29) is 7.43 Å². The third-order valence-electron chi connectivity index (χ3n) is 7.50. The molecule has 0 amide bonds. The van der Waals surface area contributed by atoms with E-state index in [4.69, 9.17) is 9.72 Å². The second-order valence-electron chi connectivity index (χ2n) is 9.98. The molecule has 1 atom stereocenters. The average Bonchev–Trinajstić information content (AvgIpc) is 3.56. The second-order valence-corrected chi connectivity index (χ2v) is 11.0. The molecule has 8 heteroatoms. The van der Waals surface area contributed by atoms with Crippen LogP contribution in [-0.4, -0.2) is 50.3 Å². The maximum absolute atomic E-state index is 6.23. The molecule has 0 spiro atoms. The number of anilines is 1. The van der Waals surface area contributed by atoms with Gasteiger partial charge in [0, 0.05) is 42.7 Å². The maximum Gasteiger partial charge on any atom is 0.184 e. The molecule has 4 aromatic rings. The Morgan fingerprint density at radius 3 is 2.68 bits per heavy atom. The van der Waals surface area contributed by atoms with E-state index in [0.717, 1.165) is 70.2 Å². The predicted molar refractivity (Wildman–Crippen MR) is 159 cm³/mol. The summed E-state index contributed by atoms with van der Waals surface area (Å²) in [6.45, 7) is 10.6. The fourth-order valence-electron chi connectivity index (χ4n) is 5.15. The molecule has 0 bridgehead atoms. The van der Waals surface area contributed by atoms with Gasteiger partial charge in [-0.25, -0.2) is 4.98 Å². The Labute approximate surface area is 231 Å². The predicted octanol–water partition coefficient (Wildman–Crippen LogP) is 7.71. The third kappa shape index (κ3) is 6.91. The molecule has 5 rings (SSSR count). The molecule has 1 fully saturated rings. The first-order valence-electron chi connectivity index (χ1n) is 13.7. The molecule has 1 aromatic carbocycles. The summed E-state index contributed by atoms with van der Waals surface area (Å²) in [7, 11) is 0. The Morgan fingerprint density at radius 1 is 1.11 bits per heavy atom. The monoisotopic (exact) mass is 534 g/mol. The van der Waals surface area contributed by atoms with Gasteiger partial charge in [-0.15, -0.1) is 0 Å². The molecule has 1 N–H and O–H groups in total. The van der Waals surface area contributed by atoms with Crippen molar-refractivity contribution in [1.82, 2.24) is 24.6 Å². The highest BCUT2D eigenvalue weighted by Crippen LogP contribution is 2.34. The molecule has 7 nitrogen and oxygen atoms in total. The van der Waals surface area contributed by atoms with Crippen LogP contribution in [0.2, 0.25) is 0 Å². The van der Waals surface area contributed by atoms with Gasteiger partial charge in [-0.05, 0) is 57.0 Å². The quantitative estimate of drug-likeness (QED) is 0.213. The lowest BCUT2D eigenvalue weighted by molar-refractivity contribution is 0.285. The van der Waals surface area contributed by atoms with E-state index in [1.54, 1.807) is 17.5 Å². The number of nitrogens with zero attached hydrogens (tertiary/aromatic N) is 5. The van der Waals surface area contributed by atoms with Crippen LogP contribution < -0.4 is 10.1 Å². The summed E-state index contributed by atoms with van der Waals surface area (Å²) in [4.78, 5) is 11.8. The van der Waals surface area contributed by atoms with E-state index in [0.29, 0.717) is 6.04 Å². The van der Waals surface area contributed by atoms with Crippen LogP contribution in [0.4, 0.5) is 5.13 Å². The zero-order chi connectivity index (χ0) is 25.6. The van der Waals surface area contributed by atoms with Gasteiger partial charge in [-0.3, -0.25) is 9.67 Å². The van der Waals surface area contributed by atoms with E-state index in [1.165, 1.54) is 32.1 Å². The number of fused-ring (bicyclic) bond motifs is 1. The van der Waals surface area contributed by atoms with Crippen molar-refractivity contribution in [2.24, 2.45) is 5.92 Å². The topological polar surface area (TPSA) is 68.1 Å². The van der Waals surface area contributed by atoms with E-state index in [9.17, 15) is 0 Å². The summed E-state index contributed by atoms with van der Waals surface area (Å²) in [5.74, 6) is 2.30. The number of hydrogen-bond donors (Lipinski definition) is 1. The van der Waals surface area contributed by atoms with Crippen molar-refractivity contribution < 1.29 is 4.74 Å². The Kier molecular flexibility index (Phi) is 9.74. The lowest BCUT2D eigenvalue weighted by Crippen LogP contribution is -2.27. The molecule has 0 aliphatic heterocycles. The number of thiazole rings is 1. The van der Waals surface area contributed by atoms with E-state index < -0.39 is 0 Å². The van der Waals surface area contributed by atoms with Gasteiger partial charge in [-0.2, -0.15) is 5.10 Å². The van der Waals surface area contributed by atoms with Crippen molar-refractivity contribution >= 4 is 26.7 Å². The highest BCUT2D eigenvalue weighted by atomic mass is 32.1. The minimum atomic E-state index is 0. The highest BCUT2D eigenvalue weighted by molar-refractivity contribution is 7.22. The normalized spacial score (nSPS) is 14.9. The second kappa shape index (κ2) is 13.2. The minimum absolute atomic E-state index is 0. The van der Waals surface area contributed by atoms with Gasteiger partial charge in [0.2, 0.25) is 0 Å². The van der Waals surface area contributed by atoms with Crippen LogP contribution in [0.5, 0.6) is 11.5 Å². The van der Waals surface area contributed by atoms with Crippen molar-refractivity contribution in [3.63, 3.8) is 0 Å². The summed E-state index contributed by atoms with van der Waals surface area (Å²) in [5, 5.41) is 9.19. The Bertz CT molecular complexity index is 1290. The summed E-state index contributed by atoms with van der Waals surface area (Å²) >= 11 is 1.70. The van der Waals surface area contributed by atoms with Gasteiger partial charge >= 0.3 is 0 Å². The number of ether oxygens (including phenoxy) is 1. The largest absolute Gasteiger partial charge is 0.457 e. The lowest BCUT2D eigenvalue weighted by Gasteiger charge is -2.28. The van der Waals surface area contributed by atoms with Crippen molar-refractivity contribution in [1.29, 1.82) is 0 Å². The highest BCUT2D eigenvalue weighted by Gasteiger charge is 2.21. The van der Waals surface area contributed by atoms with Gasteiger partial charge < -0.3 is 15.0 Å². The van der Waals surface area contributed by atoms with Crippen molar-refractivity contribution in [2.75, 3.05) is 25.0 Å². The Morgan fingerprint density at radius 2 is 1.89 bits per heavy atom. The van der Waals surface area contributed by atoms with Gasteiger partial charge in [0.15, 0.2) is 5.13 Å². The van der Waals surface area contributed by atoms with Gasteiger partial charge in [0.25, 0.3) is 0 Å². The number of rotatable bonds is 11. The number of nitrogens with one attached hydrogen (secondary N) is 1. The van der Waals surface area contributed by atoms with Gasteiger partial charge in [0.1, 0.15) is 11.5 Å². The summed E-state index contributed by atoms with van der Waals surface area (Å²) in [6, 6.07) is 10.4. The number of pyridine rings is 1. The molecule has 3 aromatic heterocycles. The molecule has 204 valence electrons. The number of aromatic nitrogens is 4. The van der Waals surface area contributed by atoms with E-state index in [2.05, 4.69) is 53.3 Å². The first-order valence-corrected chi connectivity index (χ1v) is 14.5. The summed E-state index contributed by atoms with van der Waals surface area (Å²) < 4.78 is 9.35. The molecule has 0 radical (unpaired) electrons. The SMILES string of the molecule is C.CCN(CC)CCn1cc(-c2cc(Oc3ccc4nc(N[C@@H](C)C5CCCCC5)sc4c3)ccn2)cn1. The van der Waals surface area contributed by atoms with Crippen LogP contribution in [0, 0.1) is 5.92 Å². The average molecular weight is 535 g/mol. The molecular formula is C30H42N6OS. The standard InChI is InChI=1S/C29H38N6OS.CH4/c1-4-34(5-2)15-16-35-20-23(19-31-35)27-17-25(13-14-30-27)36-24-11-12-26-28(18-24)37-29(33-26)32-21(3)22-9-7-6-8-10-22;/h11-14,17-22H,4-10,15-16H2,1-3H3,(H,32,33);1H4/t21-;/m0./s1. The molecule has 1 aliphatic rings. The summed E-state index contributed by atoms with van der Waals surface area (Å²) in [5.41, 5.74) is 2.85. The zero-order valence-electron chi connectivity index (χ0n) is 22.2. The third-order valence-corrected chi connectivity index (χ3v) is 8.45. The smallest absolute Gasteiger partial charge is 0.184 e. The van der Waals surface area contributed by atoms with E-state index >= 15 is 0 Å². The van der Waals surface area contributed by atoms with Gasteiger partial charge in [-0.1, -0.05) is 51.9 Å². The fourth-order valence-corrected chi connectivity index (χ4v) is 6.14. The zero-order valence-corrected chi connectivity index (χ0v) is 23.0. The van der Waals surface area contributed by atoms with Crippen LogP contribution in [0.3, 0.4) is 0 Å². The fraction of sp³-hybridized carbons (Fsp3) is 0.500. The first kappa shape index (κ1) is 28.0. The molecular weight excluding hydrogens is 492 g/mol. The first-order chi connectivity index (χ1) is 18.1. The minimum Gasteiger partial charge on any atom is -0.457 e. The van der Waals surface area contributed by atoms with Gasteiger partial charge in [0.05, 0.1) is 28.7 Å². The molecule has 1 aliphatic carbocycles. The molecule has 38 heavy (non-hydrogen) atoms. The number of benzene rings is 1. The Balaban J connectivity index is 0.00000336.